The summed E-state index contributed by atoms with van der Waals surface area (Å²) in [5.74, 6) is 1.45. The number of rotatable bonds is 10. The Kier molecular flexibility index (Phi) is 8.90. The van der Waals surface area contributed by atoms with Crippen molar-refractivity contribution in [1.29, 1.82) is 0 Å². The summed E-state index contributed by atoms with van der Waals surface area (Å²) in [7, 11) is 1.96. The highest BCUT2D eigenvalue weighted by Gasteiger charge is 2.17. The van der Waals surface area contributed by atoms with Gasteiger partial charge in [-0.05, 0) is 50.2 Å². The molecule has 3 rings (SSSR count). The molecule has 0 aromatic heterocycles. The summed E-state index contributed by atoms with van der Waals surface area (Å²) in [6.45, 7) is 7.93. The first-order valence-corrected chi connectivity index (χ1v) is 11.0. The van der Waals surface area contributed by atoms with E-state index in [1.54, 1.807) is 4.90 Å². The number of nitrogens with zero attached hydrogens (tertiary/aromatic N) is 2. The van der Waals surface area contributed by atoms with Crippen LogP contribution in [0.1, 0.15) is 16.7 Å². The maximum absolute atomic E-state index is 12.2. The molecule has 1 atom stereocenters. The van der Waals surface area contributed by atoms with Gasteiger partial charge in [0.1, 0.15) is 24.2 Å². The number of aryl methyl sites for hydroxylation is 2. The normalized spacial score (nSPS) is 15.0. The van der Waals surface area contributed by atoms with Gasteiger partial charge < -0.3 is 24.2 Å². The Hall–Kier alpha value is -2.61. The first-order valence-electron chi connectivity index (χ1n) is 11.0. The lowest BCUT2D eigenvalue weighted by atomic mass is 10.1. The number of carbonyl (C=O) groups excluding carboxylic acids is 1. The van der Waals surface area contributed by atoms with Crippen LogP contribution in [0.3, 0.4) is 0 Å². The van der Waals surface area contributed by atoms with E-state index in [-0.39, 0.29) is 19.1 Å². The summed E-state index contributed by atoms with van der Waals surface area (Å²) in [5.41, 5.74) is 3.36. The third-order valence-corrected chi connectivity index (χ3v) is 5.39. The molecule has 1 saturated heterocycles. The Labute approximate surface area is 190 Å². The Morgan fingerprint density at radius 3 is 2.53 bits per heavy atom. The first-order chi connectivity index (χ1) is 15.4. The molecule has 0 bridgehead atoms. The first kappa shape index (κ1) is 24.0. The monoisotopic (exact) mass is 442 g/mol. The molecule has 0 radical (unpaired) electrons. The summed E-state index contributed by atoms with van der Waals surface area (Å²) < 4.78 is 16.7. The number of amides is 1. The lowest BCUT2D eigenvalue weighted by molar-refractivity contribution is -0.137. The third kappa shape index (κ3) is 7.51. The number of aliphatic hydroxyl groups excluding tert-OH is 1. The van der Waals surface area contributed by atoms with Crippen molar-refractivity contribution in [2.45, 2.75) is 26.5 Å². The number of hydrogen-bond donors (Lipinski definition) is 1. The van der Waals surface area contributed by atoms with Crippen molar-refractivity contribution in [3.05, 3.63) is 59.2 Å². The minimum absolute atomic E-state index is 0.0193. The van der Waals surface area contributed by atoms with Crippen LogP contribution in [0.25, 0.3) is 0 Å². The SMILES string of the molecule is Cc1ccc(OC[C@H](O)CN(C)Cc2ccc(OCC(=O)N3CCOCC3)cc2)c(C)c1. The van der Waals surface area contributed by atoms with E-state index in [1.807, 2.05) is 62.2 Å². The lowest BCUT2D eigenvalue weighted by Gasteiger charge is -2.26. The van der Waals surface area contributed by atoms with Crippen molar-refractivity contribution in [2.24, 2.45) is 0 Å². The fraction of sp³-hybridized carbons (Fsp3) is 0.480. The van der Waals surface area contributed by atoms with Gasteiger partial charge in [0.05, 0.1) is 13.2 Å². The predicted molar refractivity (Wildman–Crippen MR) is 123 cm³/mol. The van der Waals surface area contributed by atoms with Gasteiger partial charge in [-0.15, -0.1) is 0 Å². The number of carbonyl (C=O) groups is 1. The van der Waals surface area contributed by atoms with Crippen LogP contribution >= 0.6 is 0 Å². The van der Waals surface area contributed by atoms with Gasteiger partial charge in [-0.2, -0.15) is 0 Å². The molecule has 32 heavy (non-hydrogen) atoms. The zero-order valence-electron chi connectivity index (χ0n) is 19.3. The molecule has 0 aliphatic carbocycles. The standard InChI is InChI=1S/C25H34N2O5/c1-19-4-9-24(20(2)14-19)32-17-22(28)16-26(3)15-21-5-7-23(8-6-21)31-18-25(29)27-10-12-30-13-11-27/h4-9,14,22,28H,10-13,15-18H2,1-3H3/t22-/m1/s1. The highest BCUT2D eigenvalue weighted by atomic mass is 16.5. The van der Waals surface area contributed by atoms with E-state index >= 15 is 0 Å². The molecule has 1 N–H and O–H groups in total. The maximum Gasteiger partial charge on any atom is 0.260 e. The van der Waals surface area contributed by atoms with E-state index < -0.39 is 6.10 Å². The van der Waals surface area contributed by atoms with Gasteiger partial charge in [0, 0.05) is 26.2 Å². The second-order valence-corrected chi connectivity index (χ2v) is 8.36. The number of ether oxygens (including phenoxy) is 3. The second kappa shape index (κ2) is 11.9. The molecule has 7 nitrogen and oxygen atoms in total. The van der Waals surface area contributed by atoms with E-state index in [0.717, 1.165) is 16.9 Å². The maximum atomic E-state index is 12.2. The highest BCUT2D eigenvalue weighted by molar-refractivity contribution is 5.77. The minimum atomic E-state index is -0.588. The van der Waals surface area contributed by atoms with Gasteiger partial charge >= 0.3 is 0 Å². The molecule has 1 heterocycles. The lowest BCUT2D eigenvalue weighted by Crippen LogP contribution is -2.42. The van der Waals surface area contributed by atoms with Crippen molar-refractivity contribution in [3.63, 3.8) is 0 Å². The summed E-state index contributed by atoms with van der Waals surface area (Å²) in [6.07, 6.45) is -0.588. The zero-order chi connectivity index (χ0) is 22.9. The molecule has 0 spiro atoms. The van der Waals surface area contributed by atoms with Crippen molar-refractivity contribution < 1.29 is 24.1 Å². The number of likely N-dealkylation sites (N-methyl/N-ethyl adjacent to an activating group) is 1. The van der Waals surface area contributed by atoms with Gasteiger partial charge in [-0.3, -0.25) is 9.69 Å². The van der Waals surface area contributed by atoms with Crippen LogP contribution in [-0.4, -0.2) is 80.0 Å². The summed E-state index contributed by atoms with van der Waals surface area (Å²) in [4.78, 5) is 16.0. The number of benzene rings is 2. The van der Waals surface area contributed by atoms with Crippen molar-refractivity contribution >= 4 is 5.91 Å². The molecule has 7 heteroatoms. The fourth-order valence-corrected chi connectivity index (χ4v) is 3.68. The van der Waals surface area contributed by atoms with E-state index in [2.05, 4.69) is 6.07 Å². The molecule has 1 aliphatic heterocycles. The van der Waals surface area contributed by atoms with E-state index in [1.165, 1.54) is 5.56 Å². The third-order valence-electron chi connectivity index (χ3n) is 5.39. The predicted octanol–water partition coefficient (Wildman–Crippen LogP) is 2.41. The largest absolute Gasteiger partial charge is 0.491 e. The van der Waals surface area contributed by atoms with Crippen LogP contribution in [0.4, 0.5) is 0 Å². The second-order valence-electron chi connectivity index (χ2n) is 8.36. The molecule has 2 aromatic rings. The van der Waals surface area contributed by atoms with Gasteiger partial charge in [-0.1, -0.05) is 29.8 Å². The van der Waals surface area contributed by atoms with Crippen LogP contribution < -0.4 is 9.47 Å². The molecule has 2 aromatic carbocycles. The quantitative estimate of drug-likeness (QED) is 0.609. The molecular weight excluding hydrogens is 408 g/mol. The Bertz CT molecular complexity index is 865. The topological polar surface area (TPSA) is 71.5 Å². The smallest absolute Gasteiger partial charge is 0.260 e. The molecule has 1 fully saturated rings. The molecule has 0 saturated carbocycles. The summed E-state index contributed by atoms with van der Waals surface area (Å²) in [5, 5.41) is 10.3. The summed E-state index contributed by atoms with van der Waals surface area (Å²) in [6, 6.07) is 13.7. The van der Waals surface area contributed by atoms with E-state index in [0.29, 0.717) is 45.1 Å². The highest BCUT2D eigenvalue weighted by Crippen LogP contribution is 2.19. The molecule has 174 valence electrons. The van der Waals surface area contributed by atoms with Crippen LogP contribution in [0, 0.1) is 13.8 Å². The molecular formula is C25H34N2O5. The fourth-order valence-electron chi connectivity index (χ4n) is 3.68. The van der Waals surface area contributed by atoms with Crippen LogP contribution in [0.2, 0.25) is 0 Å². The van der Waals surface area contributed by atoms with Gasteiger partial charge in [0.2, 0.25) is 0 Å². The van der Waals surface area contributed by atoms with Crippen LogP contribution in [-0.2, 0) is 16.1 Å². The summed E-state index contributed by atoms with van der Waals surface area (Å²) >= 11 is 0. The zero-order valence-corrected chi connectivity index (χ0v) is 19.3. The molecule has 0 unspecified atom stereocenters. The Morgan fingerprint density at radius 1 is 1.12 bits per heavy atom. The molecule has 1 amide bonds. The number of morpholine rings is 1. The van der Waals surface area contributed by atoms with E-state index in [4.69, 9.17) is 14.2 Å². The van der Waals surface area contributed by atoms with Crippen molar-refractivity contribution in [1.82, 2.24) is 9.80 Å². The van der Waals surface area contributed by atoms with Gasteiger partial charge in [-0.25, -0.2) is 0 Å². The molecule has 1 aliphatic rings. The minimum Gasteiger partial charge on any atom is -0.491 e. The van der Waals surface area contributed by atoms with Crippen molar-refractivity contribution in [3.8, 4) is 11.5 Å². The van der Waals surface area contributed by atoms with Gasteiger partial charge in [0.25, 0.3) is 5.91 Å². The average Bonchev–Trinajstić information content (AvgIpc) is 2.78. The number of aliphatic hydroxyl groups is 1. The Morgan fingerprint density at radius 2 is 1.84 bits per heavy atom. The number of hydrogen-bond acceptors (Lipinski definition) is 6. The average molecular weight is 443 g/mol. The van der Waals surface area contributed by atoms with Crippen LogP contribution in [0.15, 0.2) is 42.5 Å². The van der Waals surface area contributed by atoms with E-state index in [9.17, 15) is 9.90 Å². The van der Waals surface area contributed by atoms with Crippen LogP contribution in [0.5, 0.6) is 11.5 Å². The van der Waals surface area contributed by atoms with Crippen molar-refractivity contribution in [2.75, 3.05) is 53.1 Å². The van der Waals surface area contributed by atoms with Gasteiger partial charge in [0.15, 0.2) is 6.61 Å². The Balaban J connectivity index is 1.38.